The van der Waals surface area contributed by atoms with Crippen LogP contribution in [0.25, 0.3) is 0 Å². The van der Waals surface area contributed by atoms with Crippen molar-refractivity contribution in [1.29, 1.82) is 0 Å². The van der Waals surface area contributed by atoms with Gasteiger partial charge in [0.25, 0.3) is 5.91 Å². The Morgan fingerprint density at radius 2 is 1.90 bits per heavy atom. The van der Waals surface area contributed by atoms with Crippen molar-refractivity contribution in [3.8, 4) is 5.75 Å². The number of piperidine rings is 1. The van der Waals surface area contributed by atoms with Crippen molar-refractivity contribution in [1.82, 2.24) is 4.31 Å². The zero-order valence-corrected chi connectivity index (χ0v) is 18.4. The molecule has 2 aromatic rings. The van der Waals surface area contributed by atoms with E-state index in [2.05, 4.69) is 5.32 Å². The molecule has 0 aliphatic carbocycles. The number of nitrogens with one attached hydrogen (secondary N) is 1. The van der Waals surface area contributed by atoms with Gasteiger partial charge >= 0.3 is 5.69 Å². The first kappa shape index (κ1) is 23.0. The molecule has 1 fully saturated rings. The van der Waals surface area contributed by atoms with Crippen molar-refractivity contribution < 1.29 is 22.9 Å². The van der Waals surface area contributed by atoms with Gasteiger partial charge in [-0.3, -0.25) is 14.9 Å². The largest absolute Gasteiger partial charge is 0.477 e. The molecule has 166 valence electrons. The summed E-state index contributed by atoms with van der Waals surface area (Å²) >= 11 is 6.13. The monoisotopic (exact) mass is 467 g/mol. The van der Waals surface area contributed by atoms with Gasteiger partial charge in [-0.1, -0.05) is 24.1 Å². The Morgan fingerprint density at radius 1 is 1.19 bits per heavy atom. The summed E-state index contributed by atoms with van der Waals surface area (Å²) in [5.74, 6) is -0.621. The quantitative estimate of drug-likeness (QED) is 0.489. The van der Waals surface area contributed by atoms with E-state index in [4.69, 9.17) is 16.3 Å². The first-order valence-corrected chi connectivity index (χ1v) is 11.5. The molecule has 1 amide bonds. The molecule has 1 heterocycles. The van der Waals surface area contributed by atoms with Gasteiger partial charge in [0.05, 0.1) is 9.95 Å². The minimum absolute atomic E-state index is 0.0235. The summed E-state index contributed by atoms with van der Waals surface area (Å²) in [6.45, 7) is 2.12. The van der Waals surface area contributed by atoms with Gasteiger partial charge in [-0.05, 0) is 49.6 Å². The van der Waals surface area contributed by atoms with E-state index in [0.717, 1.165) is 24.8 Å². The highest BCUT2D eigenvalue weighted by Gasteiger charge is 2.28. The maximum absolute atomic E-state index is 12.9. The Morgan fingerprint density at radius 3 is 2.58 bits per heavy atom. The van der Waals surface area contributed by atoms with Crippen LogP contribution < -0.4 is 10.1 Å². The van der Waals surface area contributed by atoms with E-state index in [0.29, 0.717) is 13.1 Å². The third kappa shape index (κ3) is 5.52. The van der Waals surface area contributed by atoms with E-state index in [9.17, 15) is 23.3 Å². The second-order valence-corrected chi connectivity index (χ2v) is 9.49. The van der Waals surface area contributed by atoms with Gasteiger partial charge < -0.3 is 10.1 Å². The summed E-state index contributed by atoms with van der Waals surface area (Å²) in [6, 6.07) is 8.53. The van der Waals surface area contributed by atoms with Gasteiger partial charge in [-0.2, -0.15) is 4.31 Å². The van der Waals surface area contributed by atoms with Crippen molar-refractivity contribution >= 4 is 38.9 Å². The molecule has 0 bridgehead atoms. The molecular weight excluding hydrogens is 446 g/mol. The number of nitro benzene ring substituents is 1. The molecule has 1 N–H and O–H groups in total. The Labute approximate surface area is 185 Å². The summed E-state index contributed by atoms with van der Waals surface area (Å²) in [6.07, 6.45) is 2.56. The molecule has 0 atom stereocenters. The number of nitro groups is 1. The highest BCUT2D eigenvalue weighted by atomic mass is 35.5. The van der Waals surface area contributed by atoms with Crippen LogP contribution in [0.1, 0.15) is 24.8 Å². The van der Waals surface area contributed by atoms with Crippen LogP contribution in [0.5, 0.6) is 5.75 Å². The standard InChI is InChI=1S/C20H22ClN3O6S/c1-14-5-8-17(24(26)27)18(11-14)30-13-20(25)22-15-6-7-16(21)19(12-15)31(28,29)23-9-3-2-4-10-23/h5-8,11-12H,2-4,9-10,13H2,1H3,(H,22,25). The normalized spacial score (nSPS) is 14.8. The molecule has 0 aromatic heterocycles. The average Bonchev–Trinajstić information content (AvgIpc) is 2.74. The fourth-order valence-electron chi connectivity index (χ4n) is 3.25. The maximum Gasteiger partial charge on any atom is 0.310 e. The van der Waals surface area contributed by atoms with E-state index < -0.39 is 27.5 Å². The number of benzene rings is 2. The Hall–Kier alpha value is -2.69. The van der Waals surface area contributed by atoms with Crippen LogP contribution in [0, 0.1) is 17.0 Å². The number of sulfonamides is 1. The lowest BCUT2D eigenvalue weighted by Gasteiger charge is -2.26. The number of aryl methyl sites for hydroxylation is 1. The minimum Gasteiger partial charge on any atom is -0.477 e. The summed E-state index contributed by atoms with van der Waals surface area (Å²) in [5, 5.41) is 13.7. The van der Waals surface area contributed by atoms with Crippen molar-refractivity contribution in [2.75, 3.05) is 25.0 Å². The zero-order valence-electron chi connectivity index (χ0n) is 16.8. The first-order valence-electron chi connectivity index (χ1n) is 9.66. The van der Waals surface area contributed by atoms with E-state index in [-0.39, 0.29) is 27.0 Å². The molecule has 3 rings (SSSR count). The molecular formula is C20H22ClN3O6S. The van der Waals surface area contributed by atoms with Crippen LogP contribution in [0.2, 0.25) is 5.02 Å². The molecule has 11 heteroatoms. The molecule has 1 aliphatic heterocycles. The maximum atomic E-state index is 12.9. The van der Waals surface area contributed by atoms with Crippen LogP contribution >= 0.6 is 11.6 Å². The van der Waals surface area contributed by atoms with E-state index in [1.54, 1.807) is 13.0 Å². The molecule has 31 heavy (non-hydrogen) atoms. The second-order valence-electron chi connectivity index (χ2n) is 7.18. The number of ether oxygens (including phenoxy) is 1. The van der Waals surface area contributed by atoms with Crippen molar-refractivity contribution in [3.05, 3.63) is 57.1 Å². The molecule has 0 radical (unpaired) electrons. The van der Waals surface area contributed by atoms with E-state index in [1.807, 2.05) is 0 Å². The Kier molecular flexibility index (Phi) is 7.14. The van der Waals surface area contributed by atoms with Crippen LogP contribution in [-0.2, 0) is 14.8 Å². The Bertz CT molecular complexity index is 1100. The van der Waals surface area contributed by atoms with Crippen LogP contribution in [-0.4, -0.2) is 43.2 Å². The molecule has 1 aliphatic rings. The molecule has 2 aromatic carbocycles. The summed E-state index contributed by atoms with van der Waals surface area (Å²) in [4.78, 5) is 22.7. The fraction of sp³-hybridized carbons (Fsp3) is 0.350. The molecule has 1 saturated heterocycles. The van der Waals surface area contributed by atoms with Crippen molar-refractivity contribution in [2.45, 2.75) is 31.1 Å². The number of halogens is 1. The molecule has 0 spiro atoms. The van der Waals surface area contributed by atoms with Crippen molar-refractivity contribution in [2.24, 2.45) is 0 Å². The average molecular weight is 468 g/mol. The Balaban J connectivity index is 1.72. The number of rotatable bonds is 7. The third-order valence-electron chi connectivity index (χ3n) is 4.82. The van der Waals surface area contributed by atoms with Gasteiger partial charge in [-0.15, -0.1) is 0 Å². The highest BCUT2D eigenvalue weighted by molar-refractivity contribution is 7.89. The van der Waals surface area contributed by atoms with E-state index >= 15 is 0 Å². The van der Waals surface area contributed by atoms with E-state index in [1.165, 1.54) is 34.6 Å². The number of carbonyl (C=O) groups excluding carboxylic acids is 1. The topological polar surface area (TPSA) is 119 Å². The highest BCUT2D eigenvalue weighted by Crippen LogP contribution is 2.30. The number of anilines is 1. The predicted octanol–water partition coefficient (Wildman–Crippen LogP) is 3.75. The fourth-order valence-corrected chi connectivity index (χ4v) is 5.27. The van der Waals surface area contributed by atoms with Gasteiger partial charge in [-0.25, -0.2) is 8.42 Å². The summed E-state index contributed by atoms with van der Waals surface area (Å²) in [7, 11) is -3.78. The molecule has 0 saturated carbocycles. The number of hydrogen-bond acceptors (Lipinski definition) is 6. The third-order valence-corrected chi connectivity index (χ3v) is 7.20. The summed E-state index contributed by atoms with van der Waals surface area (Å²) in [5.41, 5.74) is 0.721. The van der Waals surface area contributed by atoms with Crippen molar-refractivity contribution in [3.63, 3.8) is 0 Å². The lowest BCUT2D eigenvalue weighted by atomic mass is 10.2. The number of hydrogen-bond donors (Lipinski definition) is 1. The lowest BCUT2D eigenvalue weighted by Crippen LogP contribution is -2.35. The van der Waals surface area contributed by atoms with Gasteiger partial charge in [0.15, 0.2) is 12.4 Å². The predicted molar refractivity (Wildman–Crippen MR) is 116 cm³/mol. The van der Waals surface area contributed by atoms with Gasteiger partial charge in [0.2, 0.25) is 10.0 Å². The van der Waals surface area contributed by atoms with Crippen LogP contribution in [0.4, 0.5) is 11.4 Å². The lowest BCUT2D eigenvalue weighted by molar-refractivity contribution is -0.385. The zero-order chi connectivity index (χ0) is 22.6. The van der Waals surface area contributed by atoms with Gasteiger partial charge in [0, 0.05) is 24.8 Å². The van der Waals surface area contributed by atoms with Crippen LogP contribution in [0.3, 0.4) is 0 Å². The minimum atomic E-state index is -3.78. The second kappa shape index (κ2) is 9.63. The smallest absolute Gasteiger partial charge is 0.310 e. The van der Waals surface area contributed by atoms with Crippen LogP contribution in [0.15, 0.2) is 41.3 Å². The molecule has 9 nitrogen and oxygen atoms in total. The number of nitrogens with zero attached hydrogens (tertiary/aromatic N) is 2. The SMILES string of the molecule is Cc1ccc([N+](=O)[O-])c(OCC(=O)Nc2ccc(Cl)c(S(=O)(=O)N3CCCCC3)c2)c1. The first-order chi connectivity index (χ1) is 14.7. The number of amides is 1. The van der Waals surface area contributed by atoms with Gasteiger partial charge in [0.1, 0.15) is 4.90 Å². The summed E-state index contributed by atoms with van der Waals surface area (Å²) < 4.78 is 32.6. The number of carbonyl (C=O) groups is 1. The molecule has 0 unspecified atom stereocenters.